The van der Waals surface area contributed by atoms with E-state index in [2.05, 4.69) is 15.9 Å². The second kappa shape index (κ2) is 6.90. The third kappa shape index (κ3) is 6.68. The highest BCUT2D eigenvalue weighted by atomic mass is 16.5. The van der Waals surface area contributed by atoms with Crippen molar-refractivity contribution in [1.82, 2.24) is 0 Å². The quantitative estimate of drug-likeness (QED) is 0.204. The molecule has 5 nitrogen and oxygen atoms in total. The Balaban J connectivity index is 3.30. The van der Waals surface area contributed by atoms with Crippen LogP contribution < -0.4 is 0 Å². The van der Waals surface area contributed by atoms with E-state index in [-0.39, 0.29) is 19.8 Å². The molecule has 0 rings (SSSR count). The molecule has 0 spiro atoms. The maximum Gasteiger partial charge on any atom is 0.107 e. The molecular formula is C6H9N3O2. The molecule has 1 unspecified atom stereocenters. The van der Waals surface area contributed by atoms with E-state index in [1.165, 1.54) is 0 Å². The van der Waals surface area contributed by atoms with E-state index in [9.17, 15) is 0 Å². The van der Waals surface area contributed by atoms with Crippen molar-refractivity contribution in [2.24, 2.45) is 5.11 Å². The lowest BCUT2D eigenvalue weighted by molar-refractivity contribution is 0.0565. The first-order chi connectivity index (χ1) is 5.31. The summed E-state index contributed by atoms with van der Waals surface area (Å²) in [6.45, 7) is 0.275. The van der Waals surface area contributed by atoms with Gasteiger partial charge >= 0.3 is 0 Å². The van der Waals surface area contributed by atoms with Crippen LogP contribution in [0.25, 0.3) is 10.4 Å². The Bertz CT molecular complexity index is 181. The Morgan fingerprint density at radius 3 is 3.09 bits per heavy atom. The van der Waals surface area contributed by atoms with Crippen LogP contribution in [0.15, 0.2) is 5.11 Å². The molecule has 0 aliphatic heterocycles. The van der Waals surface area contributed by atoms with Crippen LogP contribution in [0, 0.1) is 12.3 Å². The van der Waals surface area contributed by atoms with Crippen LogP contribution in [-0.4, -0.2) is 31.0 Å². The highest BCUT2D eigenvalue weighted by Gasteiger charge is 2.00. The number of terminal acetylenes is 1. The third-order valence-corrected chi connectivity index (χ3v) is 0.851. The molecule has 0 radical (unpaired) electrons. The lowest BCUT2D eigenvalue weighted by atomic mass is 10.4. The fourth-order valence-corrected chi connectivity index (χ4v) is 0.437. The zero-order valence-electron chi connectivity index (χ0n) is 5.97. The number of ether oxygens (including phenoxy) is 1. The normalized spacial score (nSPS) is 11.3. The van der Waals surface area contributed by atoms with Crippen LogP contribution in [0.2, 0.25) is 0 Å². The van der Waals surface area contributed by atoms with Crippen molar-refractivity contribution in [3.63, 3.8) is 0 Å². The molecule has 0 aromatic carbocycles. The lowest BCUT2D eigenvalue weighted by Gasteiger charge is -2.04. The molecule has 0 aliphatic carbocycles. The van der Waals surface area contributed by atoms with Gasteiger partial charge < -0.3 is 9.84 Å². The van der Waals surface area contributed by atoms with Crippen molar-refractivity contribution in [2.75, 3.05) is 19.8 Å². The summed E-state index contributed by atoms with van der Waals surface area (Å²) in [6, 6.07) is 0. The molecule has 1 atom stereocenters. The molecule has 0 heterocycles. The zero-order chi connectivity index (χ0) is 8.53. The molecular weight excluding hydrogens is 146 g/mol. The summed E-state index contributed by atoms with van der Waals surface area (Å²) in [6.07, 6.45) is 4.11. The molecule has 0 saturated carbocycles. The van der Waals surface area contributed by atoms with Crippen molar-refractivity contribution in [1.29, 1.82) is 0 Å². The van der Waals surface area contributed by atoms with Gasteiger partial charge in [0.25, 0.3) is 0 Å². The topological polar surface area (TPSA) is 78.2 Å². The maximum atomic E-state index is 8.95. The zero-order valence-corrected chi connectivity index (χ0v) is 5.97. The van der Waals surface area contributed by atoms with Crippen LogP contribution >= 0.6 is 0 Å². The van der Waals surface area contributed by atoms with Gasteiger partial charge in [-0.2, -0.15) is 0 Å². The second-order valence-corrected chi connectivity index (χ2v) is 1.79. The first-order valence-electron chi connectivity index (χ1n) is 3.01. The van der Waals surface area contributed by atoms with Crippen molar-refractivity contribution in [3.05, 3.63) is 10.4 Å². The van der Waals surface area contributed by atoms with Gasteiger partial charge in [0.05, 0.1) is 19.3 Å². The van der Waals surface area contributed by atoms with Gasteiger partial charge in [-0.1, -0.05) is 11.0 Å². The molecule has 0 aromatic rings. The smallest absolute Gasteiger partial charge is 0.107 e. The highest BCUT2D eigenvalue weighted by molar-refractivity contribution is 4.83. The van der Waals surface area contributed by atoms with E-state index < -0.39 is 6.10 Å². The van der Waals surface area contributed by atoms with Crippen LogP contribution in [0.3, 0.4) is 0 Å². The van der Waals surface area contributed by atoms with Crippen LogP contribution in [-0.2, 0) is 4.74 Å². The van der Waals surface area contributed by atoms with Crippen LogP contribution in [0.5, 0.6) is 0 Å². The van der Waals surface area contributed by atoms with E-state index in [1.807, 2.05) is 0 Å². The number of aliphatic hydroxyl groups is 1. The van der Waals surface area contributed by atoms with Gasteiger partial charge in [-0.25, -0.2) is 0 Å². The maximum absolute atomic E-state index is 8.95. The number of hydrogen-bond acceptors (Lipinski definition) is 3. The highest BCUT2D eigenvalue weighted by Crippen LogP contribution is 1.86. The second-order valence-electron chi connectivity index (χ2n) is 1.79. The summed E-state index contributed by atoms with van der Waals surface area (Å²) in [5.74, 6) is 2.24. The first-order valence-corrected chi connectivity index (χ1v) is 3.01. The van der Waals surface area contributed by atoms with Crippen LogP contribution in [0.4, 0.5) is 0 Å². The molecule has 0 bridgehead atoms. The van der Waals surface area contributed by atoms with Gasteiger partial charge in [0.2, 0.25) is 0 Å². The Morgan fingerprint density at radius 2 is 2.55 bits per heavy atom. The number of nitrogens with zero attached hydrogens (tertiary/aromatic N) is 3. The van der Waals surface area contributed by atoms with E-state index in [4.69, 9.17) is 21.8 Å². The Kier molecular flexibility index (Phi) is 6.14. The molecule has 0 aliphatic rings. The minimum atomic E-state index is -0.765. The summed E-state index contributed by atoms with van der Waals surface area (Å²) < 4.78 is 4.77. The van der Waals surface area contributed by atoms with Gasteiger partial charge in [-0.05, 0) is 5.53 Å². The predicted molar refractivity (Wildman–Crippen MR) is 39.7 cm³/mol. The first kappa shape index (κ1) is 9.79. The molecule has 60 valence electrons. The van der Waals surface area contributed by atoms with Gasteiger partial charge in [-0.3, -0.25) is 0 Å². The van der Waals surface area contributed by atoms with E-state index >= 15 is 0 Å². The molecule has 0 fully saturated rings. The molecule has 1 N–H and O–H groups in total. The number of aliphatic hydroxyl groups excluding tert-OH is 1. The summed E-state index contributed by atoms with van der Waals surface area (Å²) >= 11 is 0. The van der Waals surface area contributed by atoms with Gasteiger partial charge in [0, 0.05) is 4.91 Å². The molecule has 0 aromatic heterocycles. The minimum absolute atomic E-state index is 0.0150. The average Bonchev–Trinajstić information content (AvgIpc) is 2.01. The number of hydrogen-bond donors (Lipinski definition) is 1. The standard InChI is InChI=1S/C6H9N3O2/c1-2-3-11-5-6(10)4-8-9-7/h1,6,10H,3-5H2. The molecule has 0 amide bonds. The van der Waals surface area contributed by atoms with E-state index in [0.29, 0.717) is 0 Å². The summed E-state index contributed by atoms with van der Waals surface area (Å²) in [5.41, 5.74) is 7.86. The van der Waals surface area contributed by atoms with Gasteiger partial charge in [0.15, 0.2) is 0 Å². The Hall–Kier alpha value is -1.21. The number of azide groups is 1. The Morgan fingerprint density at radius 1 is 1.82 bits per heavy atom. The fraction of sp³-hybridized carbons (Fsp3) is 0.667. The summed E-state index contributed by atoms with van der Waals surface area (Å²) in [7, 11) is 0. The summed E-state index contributed by atoms with van der Waals surface area (Å²) in [5, 5.41) is 12.1. The SMILES string of the molecule is C#CCOCC(O)CN=[N+]=[N-]. The van der Waals surface area contributed by atoms with Crippen molar-refractivity contribution >= 4 is 0 Å². The monoisotopic (exact) mass is 155 g/mol. The third-order valence-electron chi connectivity index (χ3n) is 0.851. The summed E-state index contributed by atoms with van der Waals surface area (Å²) in [4.78, 5) is 2.47. The molecule has 5 heteroatoms. The fourth-order valence-electron chi connectivity index (χ4n) is 0.437. The van der Waals surface area contributed by atoms with Crippen LogP contribution in [0.1, 0.15) is 0 Å². The van der Waals surface area contributed by atoms with E-state index in [0.717, 1.165) is 0 Å². The van der Waals surface area contributed by atoms with Gasteiger partial charge in [-0.15, -0.1) is 6.42 Å². The lowest BCUT2D eigenvalue weighted by Crippen LogP contribution is -2.18. The van der Waals surface area contributed by atoms with Gasteiger partial charge in [0.1, 0.15) is 6.61 Å². The van der Waals surface area contributed by atoms with Crippen molar-refractivity contribution in [3.8, 4) is 12.3 Å². The predicted octanol–water partition coefficient (Wildman–Crippen LogP) is 0.307. The number of rotatable bonds is 5. The largest absolute Gasteiger partial charge is 0.391 e. The minimum Gasteiger partial charge on any atom is -0.391 e. The van der Waals surface area contributed by atoms with Crippen molar-refractivity contribution in [2.45, 2.75) is 6.10 Å². The molecule has 11 heavy (non-hydrogen) atoms. The van der Waals surface area contributed by atoms with Crippen molar-refractivity contribution < 1.29 is 9.84 Å². The Labute approximate surface area is 64.6 Å². The van der Waals surface area contributed by atoms with E-state index in [1.54, 1.807) is 0 Å². The molecule has 0 saturated heterocycles. The average molecular weight is 155 g/mol.